The second-order valence-electron chi connectivity index (χ2n) is 4.37. The third-order valence-corrected chi connectivity index (χ3v) is 4.07. The van der Waals surface area contributed by atoms with Crippen LogP contribution in [-0.4, -0.2) is 0 Å². The summed E-state index contributed by atoms with van der Waals surface area (Å²) in [6.07, 6.45) is 0. The molecule has 0 heterocycles. The Labute approximate surface area is 107 Å². The molecule has 2 aromatic rings. The minimum Gasteiger partial charge on any atom is -0.399 e. The molecule has 0 saturated heterocycles. The highest BCUT2D eigenvalue weighted by Crippen LogP contribution is 2.32. The first-order chi connectivity index (χ1) is 8.06. The van der Waals surface area contributed by atoms with E-state index in [4.69, 9.17) is 5.73 Å². The normalized spacial score (nSPS) is 10.5. The number of aryl methyl sites for hydroxylation is 3. The van der Waals surface area contributed by atoms with Crippen LogP contribution in [0.25, 0.3) is 0 Å². The second kappa shape index (κ2) is 4.84. The zero-order valence-electron chi connectivity index (χ0n) is 10.4. The molecule has 0 aliphatic rings. The Morgan fingerprint density at radius 2 is 1.53 bits per heavy atom. The van der Waals surface area contributed by atoms with Crippen molar-refractivity contribution in [2.75, 3.05) is 5.73 Å². The van der Waals surface area contributed by atoms with Crippen molar-refractivity contribution in [1.29, 1.82) is 0 Å². The number of rotatable bonds is 2. The van der Waals surface area contributed by atoms with Crippen molar-refractivity contribution < 1.29 is 0 Å². The molecule has 88 valence electrons. The van der Waals surface area contributed by atoms with Gasteiger partial charge in [-0.15, -0.1) is 0 Å². The Bertz CT molecular complexity index is 547. The minimum absolute atomic E-state index is 0.821. The molecular weight excluding hydrogens is 226 g/mol. The van der Waals surface area contributed by atoms with E-state index >= 15 is 0 Å². The number of hydrogen-bond donors (Lipinski definition) is 1. The van der Waals surface area contributed by atoms with E-state index in [0.717, 1.165) is 5.69 Å². The Morgan fingerprint density at radius 1 is 0.824 bits per heavy atom. The van der Waals surface area contributed by atoms with Crippen molar-refractivity contribution in [2.45, 2.75) is 30.6 Å². The Morgan fingerprint density at radius 3 is 2.24 bits per heavy atom. The molecule has 2 N–H and O–H groups in total. The summed E-state index contributed by atoms with van der Waals surface area (Å²) in [6, 6.07) is 12.6. The van der Waals surface area contributed by atoms with Gasteiger partial charge in [-0.1, -0.05) is 23.9 Å². The van der Waals surface area contributed by atoms with Gasteiger partial charge in [0.25, 0.3) is 0 Å². The molecular formula is C15H17NS. The Hall–Kier alpha value is -1.41. The van der Waals surface area contributed by atoms with Crippen LogP contribution in [0, 0.1) is 20.8 Å². The predicted molar refractivity (Wildman–Crippen MR) is 75.6 cm³/mol. The zero-order valence-corrected chi connectivity index (χ0v) is 11.3. The van der Waals surface area contributed by atoms with Gasteiger partial charge in [0.05, 0.1) is 0 Å². The number of hydrogen-bond acceptors (Lipinski definition) is 2. The minimum atomic E-state index is 0.821. The summed E-state index contributed by atoms with van der Waals surface area (Å²) < 4.78 is 0. The van der Waals surface area contributed by atoms with Crippen molar-refractivity contribution >= 4 is 17.4 Å². The first-order valence-electron chi connectivity index (χ1n) is 5.67. The molecule has 0 atom stereocenters. The highest BCUT2D eigenvalue weighted by molar-refractivity contribution is 7.99. The summed E-state index contributed by atoms with van der Waals surface area (Å²) in [5, 5.41) is 0. The summed E-state index contributed by atoms with van der Waals surface area (Å²) in [7, 11) is 0. The highest BCUT2D eigenvalue weighted by atomic mass is 32.2. The first-order valence-corrected chi connectivity index (χ1v) is 6.49. The van der Waals surface area contributed by atoms with Crippen LogP contribution >= 0.6 is 11.8 Å². The van der Waals surface area contributed by atoms with Gasteiger partial charge in [-0.05, 0) is 61.7 Å². The molecule has 0 unspecified atom stereocenters. The fourth-order valence-electron chi connectivity index (χ4n) is 1.63. The molecule has 17 heavy (non-hydrogen) atoms. The van der Waals surface area contributed by atoms with Crippen LogP contribution < -0.4 is 5.73 Å². The van der Waals surface area contributed by atoms with Gasteiger partial charge in [-0.25, -0.2) is 0 Å². The third kappa shape index (κ3) is 2.83. The lowest BCUT2D eigenvalue weighted by molar-refractivity contribution is 1.26. The SMILES string of the molecule is Cc1ccc(Sc2cc(N)ccc2C)cc1C. The van der Waals surface area contributed by atoms with Gasteiger partial charge in [-0.2, -0.15) is 0 Å². The maximum absolute atomic E-state index is 5.82. The van der Waals surface area contributed by atoms with Gasteiger partial charge < -0.3 is 5.73 Å². The maximum atomic E-state index is 5.82. The molecule has 0 bridgehead atoms. The molecule has 2 aromatic carbocycles. The molecule has 0 aliphatic carbocycles. The lowest BCUT2D eigenvalue weighted by atomic mass is 10.1. The van der Waals surface area contributed by atoms with E-state index in [1.165, 1.54) is 26.5 Å². The molecule has 2 heteroatoms. The summed E-state index contributed by atoms with van der Waals surface area (Å²) in [5.74, 6) is 0. The third-order valence-electron chi connectivity index (χ3n) is 2.92. The molecule has 0 saturated carbocycles. The topological polar surface area (TPSA) is 26.0 Å². The Kier molecular flexibility index (Phi) is 3.43. The van der Waals surface area contributed by atoms with Gasteiger partial charge in [0.1, 0.15) is 0 Å². The predicted octanol–water partition coefficient (Wildman–Crippen LogP) is 4.35. The van der Waals surface area contributed by atoms with E-state index in [-0.39, 0.29) is 0 Å². The highest BCUT2D eigenvalue weighted by Gasteiger charge is 2.03. The van der Waals surface area contributed by atoms with E-state index in [1.54, 1.807) is 11.8 Å². The fraction of sp³-hybridized carbons (Fsp3) is 0.200. The lowest BCUT2D eigenvalue weighted by Gasteiger charge is -2.08. The van der Waals surface area contributed by atoms with Crippen LogP contribution in [0.15, 0.2) is 46.2 Å². The quantitative estimate of drug-likeness (QED) is 0.794. The molecule has 2 rings (SSSR count). The second-order valence-corrected chi connectivity index (χ2v) is 5.49. The molecule has 0 aromatic heterocycles. The summed E-state index contributed by atoms with van der Waals surface area (Å²) >= 11 is 1.77. The van der Waals surface area contributed by atoms with E-state index in [1.807, 2.05) is 12.1 Å². The maximum Gasteiger partial charge on any atom is 0.0325 e. The molecule has 0 aliphatic heterocycles. The van der Waals surface area contributed by atoms with Crippen LogP contribution in [0.5, 0.6) is 0 Å². The molecule has 0 amide bonds. The van der Waals surface area contributed by atoms with Gasteiger partial charge >= 0.3 is 0 Å². The lowest BCUT2D eigenvalue weighted by Crippen LogP contribution is -1.87. The van der Waals surface area contributed by atoms with Gasteiger partial charge in [0.2, 0.25) is 0 Å². The number of nitrogens with two attached hydrogens (primary N) is 1. The van der Waals surface area contributed by atoms with Crippen molar-refractivity contribution in [3.63, 3.8) is 0 Å². The van der Waals surface area contributed by atoms with E-state index in [0.29, 0.717) is 0 Å². The van der Waals surface area contributed by atoms with Crippen LogP contribution in [0.1, 0.15) is 16.7 Å². The summed E-state index contributed by atoms with van der Waals surface area (Å²) in [5.41, 5.74) is 10.6. The Balaban J connectivity index is 2.31. The van der Waals surface area contributed by atoms with Gasteiger partial charge in [0.15, 0.2) is 0 Å². The van der Waals surface area contributed by atoms with Crippen LogP contribution in [0.2, 0.25) is 0 Å². The number of benzene rings is 2. The summed E-state index contributed by atoms with van der Waals surface area (Å²) in [4.78, 5) is 2.50. The van der Waals surface area contributed by atoms with Gasteiger partial charge in [-0.3, -0.25) is 0 Å². The van der Waals surface area contributed by atoms with Crippen molar-refractivity contribution in [1.82, 2.24) is 0 Å². The van der Waals surface area contributed by atoms with E-state index in [9.17, 15) is 0 Å². The number of nitrogen functional groups attached to an aromatic ring is 1. The monoisotopic (exact) mass is 243 g/mol. The summed E-state index contributed by atoms with van der Waals surface area (Å²) in [6.45, 7) is 6.39. The van der Waals surface area contributed by atoms with Crippen molar-refractivity contribution in [3.05, 3.63) is 53.1 Å². The van der Waals surface area contributed by atoms with Crippen LogP contribution in [0.3, 0.4) is 0 Å². The molecule has 0 fully saturated rings. The van der Waals surface area contributed by atoms with Gasteiger partial charge in [0, 0.05) is 15.5 Å². The standard InChI is InChI=1S/C15H17NS/c1-10-5-7-14(8-12(10)3)17-15-9-13(16)6-4-11(15)2/h4-9H,16H2,1-3H3. The van der Waals surface area contributed by atoms with Crippen LogP contribution in [-0.2, 0) is 0 Å². The first kappa shape index (κ1) is 12.1. The molecule has 0 radical (unpaired) electrons. The average molecular weight is 243 g/mol. The fourth-order valence-corrected chi connectivity index (χ4v) is 2.68. The average Bonchev–Trinajstić information content (AvgIpc) is 2.29. The molecule has 1 nitrogen and oxygen atoms in total. The largest absolute Gasteiger partial charge is 0.399 e. The van der Waals surface area contributed by atoms with E-state index < -0.39 is 0 Å². The van der Waals surface area contributed by atoms with Crippen molar-refractivity contribution in [3.8, 4) is 0 Å². The molecule has 0 spiro atoms. The van der Waals surface area contributed by atoms with E-state index in [2.05, 4.69) is 45.0 Å². The number of anilines is 1. The zero-order chi connectivity index (χ0) is 12.4. The van der Waals surface area contributed by atoms with Crippen LogP contribution in [0.4, 0.5) is 5.69 Å². The smallest absolute Gasteiger partial charge is 0.0325 e. The van der Waals surface area contributed by atoms with Crippen molar-refractivity contribution in [2.24, 2.45) is 0 Å².